The van der Waals surface area contributed by atoms with E-state index in [9.17, 15) is 13.2 Å². The van der Waals surface area contributed by atoms with E-state index < -0.39 is 10.0 Å². The second kappa shape index (κ2) is 8.95. The average Bonchev–Trinajstić information content (AvgIpc) is 3.18. The summed E-state index contributed by atoms with van der Waals surface area (Å²) in [7, 11) is -3.89. The Balaban J connectivity index is 1.78. The lowest BCUT2D eigenvalue weighted by molar-refractivity contribution is 0.0914. The van der Waals surface area contributed by atoms with Gasteiger partial charge in [0.25, 0.3) is 5.91 Å². The van der Waals surface area contributed by atoms with Crippen molar-refractivity contribution in [3.05, 3.63) is 51.2 Å². The third-order valence-corrected chi connectivity index (χ3v) is 7.79. The number of nitrogens with zero attached hydrogens (tertiary/aromatic N) is 1. The topological polar surface area (TPSA) is 92.5 Å². The Labute approximate surface area is 177 Å². The Bertz CT molecular complexity index is 963. The maximum Gasteiger partial charge on any atom is 0.251 e. The summed E-state index contributed by atoms with van der Waals surface area (Å²) in [6.07, 6.45) is 2.31. The van der Waals surface area contributed by atoms with Gasteiger partial charge in [0.2, 0.25) is 10.0 Å². The highest BCUT2D eigenvalue weighted by Gasteiger charge is 2.26. The van der Waals surface area contributed by atoms with Crippen LogP contribution in [-0.2, 0) is 10.0 Å². The first-order chi connectivity index (χ1) is 13.7. The predicted octanol–water partition coefficient (Wildman–Crippen LogP) is 3.22. The van der Waals surface area contributed by atoms with Gasteiger partial charge in [-0.25, -0.2) is 13.6 Å². The number of primary sulfonamides is 1. The molecular weight excluding hydrogens is 406 g/mol. The standard InChI is InChI=1S/C21H29N3O3S2/c1-14-6-8-24(9-7-14)18(19-5-4-10-28-19)13-23-21(25)17-11-15(2)16(3)20(12-17)29(22,26)27/h4-5,10-12,14,18H,6-9,13H2,1-3H3,(H,23,25)(H2,22,26,27). The van der Waals surface area contributed by atoms with Crippen molar-refractivity contribution in [2.45, 2.75) is 44.6 Å². The minimum atomic E-state index is -3.89. The number of carbonyl (C=O) groups excluding carboxylic acids is 1. The molecule has 1 aromatic carbocycles. The van der Waals surface area contributed by atoms with Gasteiger partial charge in [-0.3, -0.25) is 9.69 Å². The van der Waals surface area contributed by atoms with Crippen molar-refractivity contribution in [3.8, 4) is 0 Å². The molecule has 0 radical (unpaired) electrons. The Morgan fingerprint density at radius 1 is 1.31 bits per heavy atom. The molecule has 0 spiro atoms. The molecule has 1 aliphatic heterocycles. The van der Waals surface area contributed by atoms with E-state index >= 15 is 0 Å². The van der Waals surface area contributed by atoms with Crippen LogP contribution in [0.4, 0.5) is 0 Å². The summed E-state index contributed by atoms with van der Waals surface area (Å²) in [6.45, 7) is 8.26. The van der Waals surface area contributed by atoms with Crippen molar-refractivity contribution < 1.29 is 13.2 Å². The quantitative estimate of drug-likeness (QED) is 0.729. The first kappa shape index (κ1) is 22.0. The minimum absolute atomic E-state index is 0.00229. The lowest BCUT2D eigenvalue weighted by Gasteiger charge is -2.36. The molecule has 29 heavy (non-hydrogen) atoms. The summed E-state index contributed by atoms with van der Waals surface area (Å²) >= 11 is 1.69. The van der Waals surface area contributed by atoms with Gasteiger partial charge in [0.15, 0.2) is 0 Å². The highest BCUT2D eigenvalue weighted by Crippen LogP contribution is 2.29. The van der Waals surface area contributed by atoms with Crippen LogP contribution in [0.15, 0.2) is 34.5 Å². The number of hydrogen-bond acceptors (Lipinski definition) is 5. The van der Waals surface area contributed by atoms with Gasteiger partial charge in [0.05, 0.1) is 10.9 Å². The van der Waals surface area contributed by atoms with E-state index in [1.165, 1.54) is 10.9 Å². The number of nitrogens with one attached hydrogen (secondary N) is 1. The molecule has 1 atom stereocenters. The second-order valence-corrected chi connectivity index (χ2v) is 10.4. The molecule has 1 saturated heterocycles. The highest BCUT2D eigenvalue weighted by molar-refractivity contribution is 7.89. The molecule has 2 aromatic rings. The van der Waals surface area contributed by atoms with Gasteiger partial charge < -0.3 is 5.32 Å². The van der Waals surface area contributed by atoms with Crippen LogP contribution in [0.1, 0.15) is 52.2 Å². The van der Waals surface area contributed by atoms with Gasteiger partial charge >= 0.3 is 0 Å². The monoisotopic (exact) mass is 435 g/mol. The van der Waals surface area contributed by atoms with Crippen LogP contribution in [-0.4, -0.2) is 38.9 Å². The normalized spacial score (nSPS) is 17.2. The largest absolute Gasteiger partial charge is 0.350 e. The molecule has 1 unspecified atom stereocenters. The van der Waals surface area contributed by atoms with Gasteiger partial charge in [0.1, 0.15) is 0 Å². The third kappa shape index (κ3) is 5.25. The zero-order valence-corrected chi connectivity index (χ0v) is 18.8. The number of rotatable bonds is 6. The maximum absolute atomic E-state index is 12.8. The van der Waals surface area contributed by atoms with Crippen LogP contribution in [0, 0.1) is 19.8 Å². The molecule has 0 aliphatic carbocycles. The Kier molecular flexibility index (Phi) is 6.78. The minimum Gasteiger partial charge on any atom is -0.350 e. The number of carbonyl (C=O) groups is 1. The first-order valence-corrected chi connectivity index (χ1v) is 12.3. The van der Waals surface area contributed by atoms with Crippen LogP contribution in [0.3, 0.4) is 0 Å². The van der Waals surface area contributed by atoms with Crippen molar-refractivity contribution in [2.24, 2.45) is 11.1 Å². The Morgan fingerprint density at radius 2 is 2.00 bits per heavy atom. The molecule has 1 fully saturated rings. The molecule has 0 saturated carbocycles. The average molecular weight is 436 g/mol. The lowest BCUT2D eigenvalue weighted by Crippen LogP contribution is -2.41. The predicted molar refractivity (Wildman–Crippen MR) is 117 cm³/mol. The van der Waals surface area contributed by atoms with Crippen LogP contribution >= 0.6 is 11.3 Å². The number of nitrogens with two attached hydrogens (primary N) is 1. The van der Waals surface area contributed by atoms with E-state index in [-0.39, 0.29) is 16.8 Å². The van der Waals surface area contributed by atoms with Gasteiger partial charge in [-0.1, -0.05) is 13.0 Å². The molecule has 6 nitrogen and oxygen atoms in total. The Morgan fingerprint density at radius 3 is 2.59 bits per heavy atom. The second-order valence-electron chi connectivity index (χ2n) is 7.92. The van der Waals surface area contributed by atoms with E-state index in [2.05, 4.69) is 28.6 Å². The number of hydrogen-bond donors (Lipinski definition) is 2. The van der Waals surface area contributed by atoms with Crippen LogP contribution in [0.5, 0.6) is 0 Å². The smallest absolute Gasteiger partial charge is 0.251 e. The summed E-state index contributed by atoms with van der Waals surface area (Å²) in [5.74, 6) is 0.446. The number of piperidine rings is 1. The fourth-order valence-electron chi connectivity index (χ4n) is 3.78. The molecule has 1 amide bonds. The van der Waals surface area contributed by atoms with Crippen molar-refractivity contribution in [3.63, 3.8) is 0 Å². The van der Waals surface area contributed by atoms with Crippen molar-refractivity contribution in [1.82, 2.24) is 10.2 Å². The summed E-state index contributed by atoms with van der Waals surface area (Å²) in [5.41, 5.74) is 1.61. The molecule has 1 aliphatic rings. The van der Waals surface area contributed by atoms with Gasteiger partial charge in [-0.05, 0) is 80.4 Å². The molecule has 0 bridgehead atoms. The maximum atomic E-state index is 12.8. The number of thiophene rings is 1. The summed E-state index contributed by atoms with van der Waals surface area (Å²) in [5, 5.41) is 10.4. The molecule has 3 N–H and O–H groups in total. The lowest BCUT2D eigenvalue weighted by atomic mass is 9.97. The molecule has 8 heteroatoms. The van der Waals surface area contributed by atoms with Crippen LogP contribution < -0.4 is 10.5 Å². The molecule has 2 heterocycles. The molecule has 158 valence electrons. The van der Waals surface area contributed by atoms with E-state index in [0.29, 0.717) is 17.7 Å². The van der Waals surface area contributed by atoms with Crippen LogP contribution in [0.25, 0.3) is 0 Å². The summed E-state index contributed by atoms with van der Waals surface area (Å²) in [6, 6.07) is 7.34. The summed E-state index contributed by atoms with van der Waals surface area (Å²) < 4.78 is 23.8. The number of likely N-dealkylation sites (tertiary alicyclic amines) is 1. The zero-order valence-electron chi connectivity index (χ0n) is 17.1. The highest BCUT2D eigenvalue weighted by atomic mass is 32.2. The van der Waals surface area contributed by atoms with Crippen molar-refractivity contribution in [2.75, 3.05) is 19.6 Å². The van der Waals surface area contributed by atoms with Crippen LogP contribution in [0.2, 0.25) is 0 Å². The molecular formula is C21H29N3O3S2. The van der Waals surface area contributed by atoms with Gasteiger partial charge in [-0.15, -0.1) is 11.3 Å². The van der Waals surface area contributed by atoms with Crippen molar-refractivity contribution in [1.29, 1.82) is 0 Å². The van der Waals surface area contributed by atoms with Crippen molar-refractivity contribution >= 4 is 27.3 Å². The zero-order chi connectivity index (χ0) is 21.2. The Hall–Kier alpha value is -1.74. The SMILES string of the molecule is Cc1cc(C(=O)NCC(c2cccs2)N2CCC(C)CC2)cc(S(N)(=O)=O)c1C. The van der Waals surface area contributed by atoms with E-state index in [0.717, 1.165) is 37.4 Å². The number of amides is 1. The first-order valence-electron chi connectivity index (χ1n) is 9.86. The van der Waals surface area contributed by atoms with E-state index in [1.54, 1.807) is 31.3 Å². The van der Waals surface area contributed by atoms with Gasteiger partial charge in [0, 0.05) is 17.0 Å². The number of benzene rings is 1. The number of sulfonamides is 1. The third-order valence-electron chi connectivity index (χ3n) is 5.77. The fourth-order valence-corrected chi connectivity index (χ4v) is 5.52. The van der Waals surface area contributed by atoms with E-state index in [1.807, 2.05) is 6.07 Å². The fraction of sp³-hybridized carbons (Fsp3) is 0.476. The van der Waals surface area contributed by atoms with Gasteiger partial charge in [-0.2, -0.15) is 0 Å². The molecule has 3 rings (SSSR count). The summed E-state index contributed by atoms with van der Waals surface area (Å²) in [4.78, 5) is 16.5. The van der Waals surface area contributed by atoms with E-state index in [4.69, 9.17) is 5.14 Å². The molecule has 1 aromatic heterocycles. The number of aryl methyl sites for hydroxylation is 1.